The van der Waals surface area contributed by atoms with Gasteiger partial charge in [-0.15, -0.1) is 0 Å². The van der Waals surface area contributed by atoms with Crippen molar-refractivity contribution in [3.05, 3.63) is 35.4 Å². The van der Waals surface area contributed by atoms with Gasteiger partial charge in [0.05, 0.1) is 0 Å². The van der Waals surface area contributed by atoms with Crippen molar-refractivity contribution in [2.24, 2.45) is 0 Å². The van der Waals surface area contributed by atoms with E-state index in [9.17, 15) is 4.79 Å². The van der Waals surface area contributed by atoms with Gasteiger partial charge in [0.1, 0.15) is 12.1 Å². The standard InChI is InChI=1S/C14H17NO2/c16-14(17-12-6-3-7-12)13-8-10-4-1-2-5-11(10)9-15-13/h1-2,4-5,12-13,15H,3,6-9H2. The van der Waals surface area contributed by atoms with Crippen molar-refractivity contribution >= 4 is 5.97 Å². The zero-order chi connectivity index (χ0) is 11.7. The molecule has 0 amide bonds. The number of carbonyl (C=O) groups is 1. The van der Waals surface area contributed by atoms with Gasteiger partial charge in [-0.2, -0.15) is 0 Å². The Morgan fingerprint density at radius 3 is 2.71 bits per heavy atom. The van der Waals surface area contributed by atoms with Crippen LogP contribution < -0.4 is 5.32 Å². The number of carbonyl (C=O) groups excluding carboxylic acids is 1. The van der Waals surface area contributed by atoms with Gasteiger partial charge >= 0.3 is 5.97 Å². The molecule has 0 saturated heterocycles. The first-order chi connectivity index (χ1) is 8.33. The van der Waals surface area contributed by atoms with Gasteiger partial charge in [0.2, 0.25) is 0 Å². The van der Waals surface area contributed by atoms with Crippen molar-refractivity contribution in [1.82, 2.24) is 5.32 Å². The summed E-state index contributed by atoms with van der Waals surface area (Å²) in [5, 5.41) is 3.25. The first kappa shape index (κ1) is 10.8. The predicted molar refractivity (Wildman–Crippen MR) is 64.5 cm³/mol. The first-order valence-corrected chi connectivity index (χ1v) is 6.33. The average Bonchev–Trinajstić information content (AvgIpc) is 2.33. The van der Waals surface area contributed by atoms with Gasteiger partial charge in [0.15, 0.2) is 0 Å². The second-order valence-electron chi connectivity index (χ2n) is 4.90. The lowest BCUT2D eigenvalue weighted by molar-refractivity contribution is -0.155. The van der Waals surface area contributed by atoms with E-state index >= 15 is 0 Å². The van der Waals surface area contributed by atoms with Crippen LogP contribution in [0, 0.1) is 0 Å². The second kappa shape index (κ2) is 4.49. The highest BCUT2D eigenvalue weighted by Gasteiger charge is 2.29. The summed E-state index contributed by atoms with van der Waals surface area (Å²) in [5.41, 5.74) is 2.56. The summed E-state index contributed by atoms with van der Waals surface area (Å²) in [7, 11) is 0. The molecule has 1 aromatic carbocycles. The van der Waals surface area contributed by atoms with Crippen molar-refractivity contribution in [2.45, 2.75) is 44.4 Å². The summed E-state index contributed by atoms with van der Waals surface area (Å²) in [5.74, 6) is -0.0794. The lowest BCUT2D eigenvalue weighted by Gasteiger charge is -2.30. The topological polar surface area (TPSA) is 38.3 Å². The van der Waals surface area contributed by atoms with E-state index in [1.165, 1.54) is 17.5 Å². The molecule has 3 heteroatoms. The number of hydrogen-bond donors (Lipinski definition) is 1. The number of benzene rings is 1. The SMILES string of the molecule is O=C(OC1CCC1)C1Cc2ccccc2CN1. The molecule has 1 saturated carbocycles. The van der Waals surface area contributed by atoms with E-state index < -0.39 is 0 Å². The minimum atomic E-state index is -0.162. The summed E-state index contributed by atoms with van der Waals surface area (Å²) in [6.45, 7) is 0.764. The molecule has 1 N–H and O–H groups in total. The average molecular weight is 231 g/mol. The normalized spacial score (nSPS) is 23.6. The number of nitrogens with one attached hydrogen (secondary N) is 1. The maximum atomic E-state index is 11.9. The monoisotopic (exact) mass is 231 g/mol. The van der Waals surface area contributed by atoms with Crippen LogP contribution in [0.4, 0.5) is 0 Å². The minimum Gasteiger partial charge on any atom is -0.461 e. The number of esters is 1. The van der Waals surface area contributed by atoms with Gasteiger partial charge < -0.3 is 10.1 Å². The first-order valence-electron chi connectivity index (χ1n) is 6.33. The van der Waals surface area contributed by atoms with Crippen molar-refractivity contribution in [2.75, 3.05) is 0 Å². The maximum absolute atomic E-state index is 11.9. The van der Waals surface area contributed by atoms with Crippen molar-refractivity contribution < 1.29 is 9.53 Å². The molecule has 1 heterocycles. The largest absolute Gasteiger partial charge is 0.461 e. The zero-order valence-electron chi connectivity index (χ0n) is 9.82. The van der Waals surface area contributed by atoms with Crippen LogP contribution in [0.1, 0.15) is 30.4 Å². The Labute approximate surface area is 101 Å². The van der Waals surface area contributed by atoms with Gasteiger partial charge in [-0.25, -0.2) is 0 Å². The maximum Gasteiger partial charge on any atom is 0.323 e. The second-order valence-corrected chi connectivity index (χ2v) is 4.90. The summed E-state index contributed by atoms with van der Waals surface area (Å²) in [6, 6.07) is 8.10. The molecular weight excluding hydrogens is 214 g/mol. The van der Waals surface area contributed by atoms with Crippen LogP contribution in [0.15, 0.2) is 24.3 Å². The Morgan fingerprint density at radius 1 is 1.24 bits per heavy atom. The Kier molecular flexibility index (Phi) is 2.85. The molecule has 17 heavy (non-hydrogen) atoms. The van der Waals surface area contributed by atoms with Crippen LogP contribution in [0.5, 0.6) is 0 Å². The minimum absolute atomic E-state index is 0.0794. The highest BCUT2D eigenvalue weighted by molar-refractivity contribution is 5.77. The van der Waals surface area contributed by atoms with Crippen LogP contribution in [0.2, 0.25) is 0 Å². The summed E-state index contributed by atoms with van der Waals surface area (Å²) in [4.78, 5) is 11.9. The summed E-state index contributed by atoms with van der Waals surface area (Å²) >= 11 is 0. The molecular formula is C14H17NO2. The van der Waals surface area contributed by atoms with Gasteiger partial charge in [-0.1, -0.05) is 24.3 Å². The summed E-state index contributed by atoms with van der Waals surface area (Å²) in [6.07, 6.45) is 4.20. The molecule has 90 valence electrons. The van der Waals surface area contributed by atoms with Crippen LogP contribution >= 0.6 is 0 Å². The molecule has 2 aliphatic rings. The molecule has 1 aliphatic heterocycles. The van der Waals surface area contributed by atoms with E-state index in [1.54, 1.807) is 0 Å². The molecule has 0 radical (unpaired) electrons. The molecule has 1 aromatic rings. The van der Waals surface area contributed by atoms with Crippen molar-refractivity contribution in [3.8, 4) is 0 Å². The Bertz CT molecular complexity index is 426. The van der Waals surface area contributed by atoms with E-state index in [-0.39, 0.29) is 18.1 Å². The highest BCUT2D eigenvalue weighted by atomic mass is 16.5. The van der Waals surface area contributed by atoms with Crippen LogP contribution in [0.3, 0.4) is 0 Å². The predicted octanol–water partition coefficient (Wildman–Crippen LogP) is 1.80. The van der Waals surface area contributed by atoms with E-state index in [0.29, 0.717) is 0 Å². The van der Waals surface area contributed by atoms with E-state index in [2.05, 4.69) is 17.4 Å². The molecule has 0 bridgehead atoms. The van der Waals surface area contributed by atoms with Gasteiger partial charge in [0, 0.05) is 6.54 Å². The Hall–Kier alpha value is -1.35. The Morgan fingerprint density at radius 2 is 2.00 bits per heavy atom. The van der Waals surface area contributed by atoms with E-state index in [4.69, 9.17) is 4.74 Å². The third-order valence-electron chi connectivity index (χ3n) is 3.70. The molecule has 0 aromatic heterocycles. The third kappa shape index (κ3) is 2.20. The molecule has 1 atom stereocenters. The molecule has 1 aliphatic carbocycles. The van der Waals surface area contributed by atoms with Crippen LogP contribution in [-0.2, 0) is 22.5 Å². The highest BCUT2D eigenvalue weighted by Crippen LogP contribution is 2.23. The number of hydrogen-bond acceptors (Lipinski definition) is 3. The van der Waals surface area contributed by atoms with E-state index in [0.717, 1.165) is 25.8 Å². The van der Waals surface area contributed by atoms with Gasteiger partial charge in [-0.05, 0) is 36.8 Å². The fourth-order valence-corrected chi connectivity index (χ4v) is 2.36. The summed E-state index contributed by atoms with van der Waals surface area (Å²) < 4.78 is 5.44. The van der Waals surface area contributed by atoms with Gasteiger partial charge in [0.25, 0.3) is 0 Å². The molecule has 3 rings (SSSR count). The fraction of sp³-hybridized carbons (Fsp3) is 0.500. The third-order valence-corrected chi connectivity index (χ3v) is 3.70. The van der Waals surface area contributed by atoms with Crippen molar-refractivity contribution in [1.29, 1.82) is 0 Å². The number of fused-ring (bicyclic) bond motifs is 1. The fourth-order valence-electron chi connectivity index (χ4n) is 2.36. The Balaban J connectivity index is 1.64. The number of ether oxygens (including phenoxy) is 1. The van der Waals surface area contributed by atoms with Crippen LogP contribution in [-0.4, -0.2) is 18.1 Å². The molecule has 1 fully saturated rings. The van der Waals surface area contributed by atoms with Crippen LogP contribution in [0.25, 0.3) is 0 Å². The van der Waals surface area contributed by atoms with E-state index in [1.807, 2.05) is 12.1 Å². The quantitative estimate of drug-likeness (QED) is 0.789. The van der Waals surface area contributed by atoms with Crippen molar-refractivity contribution in [3.63, 3.8) is 0 Å². The molecule has 3 nitrogen and oxygen atoms in total. The zero-order valence-corrected chi connectivity index (χ0v) is 9.82. The van der Waals surface area contributed by atoms with Gasteiger partial charge in [-0.3, -0.25) is 4.79 Å². The lowest BCUT2D eigenvalue weighted by Crippen LogP contribution is -2.44. The smallest absolute Gasteiger partial charge is 0.323 e. The number of rotatable bonds is 2. The lowest BCUT2D eigenvalue weighted by atomic mass is 9.94. The molecule has 1 unspecified atom stereocenters. The molecule has 0 spiro atoms.